The molecule has 0 fully saturated rings. The zero-order chi connectivity index (χ0) is 13.7. The summed E-state index contributed by atoms with van der Waals surface area (Å²) in [5, 5.41) is 13.8. The lowest BCUT2D eigenvalue weighted by Crippen LogP contribution is -2.11. The molecule has 0 aliphatic carbocycles. The van der Waals surface area contributed by atoms with Crippen LogP contribution in [0.5, 0.6) is 5.88 Å². The van der Waals surface area contributed by atoms with Gasteiger partial charge in [-0.3, -0.25) is 10.1 Å². The SMILES string of the molecule is COc1ccc([N+](=O)[O-])c(NCCn2ccnc2)n1. The van der Waals surface area contributed by atoms with E-state index in [1.165, 1.54) is 19.2 Å². The number of imidazole rings is 1. The fourth-order valence-corrected chi connectivity index (χ4v) is 1.55. The molecule has 8 nitrogen and oxygen atoms in total. The Hall–Kier alpha value is -2.64. The summed E-state index contributed by atoms with van der Waals surface area (Å²) in [6.45, 7) is 1.13. The Morgan fingerprint density at radius 2 is 2.37 bits per heavy atom. The smallest absolute Gasteiger partial charge is 0.311 e. The Labute approximate surface area is 109 Å². The third-order valence-corrected chi connectivity index (χ3v) is 2.48. The lowest BCUT2D eigenvalue weighted by molar-refractivity contribution is -0.384. The molecule has 0 saturated heterocycles. The number of pyridine rings is 1. The Kier molecular flexibility index (Phi) is 3.91. The molecule has 0 atom stereocenters. The monoisotopic (exact) mass is 263 g/mol. The first-order valence-corrected chi connectivity index (χ1v) is 5.59. The van der Waals surface area contributed by atoms with Crippen molar-refractivity contribution in [2.24, 2.45) is 0 Å². The highest BCUT2D eigenvalue weighted by Gasteiger charge is 2.15. The van der Waals surface area contributed by atoms with E-state index in [2.05, 4.69) is 15.3 Å². The molecular formula is C11H13N5O3. The van der Waals surface area contributed by atoms with E-state index in [-0.39, 0.29) is 11.5 Å². The highest BCUT2D eigenvalue weighted by Crippen LogP contribution is 2.24. The van der Waals surface area contributed by atoms with E-state index in [0.717, 1.165) is 0 Å². The van der Waals surface area contributed by atoms with Crippen LogP contribution in [0.15, 0.2) is 30.9 Å². The van der Waals surface area contributed by atoms with Gasteiger partial charge in [-0.05, 0) is 0 Å². The predicted octanol–water partition coefficient (Wildman–Crippen LogP) is 1.31. The maximum atomic E-state index is 10.9. The highest BCUT2D eigenvalue weighted by molar-refractivity contribution is 5.56. The van der Waals surface area contributed by atoms with Crippen LogP contribution >= 0.6 is 0 Å². The molecule has 8 heteroatoms. The first kappa shape index (κ1) is 12.8. The molecule has 2 rings (SSSR count). The van der Waals surface area contributed by atoms with E-state index in [9.17, 15) is 10.1 Å². The summed E-state index contributed by atoms with van der Waals surface area (Å²) in [6.07, 6.45) is 5.16. The number of hydrogen-bond acceptors (Lipinski definition) is 6. The number of hydrogen-bond donors (Lipinski definition) is 1. The van der Waals surface area contributed by atoms with Gasteiger partial charge in [0.25, 0.3) is 0 Å². The van der Waals surface area contributed by atoms with Gasteiger partial charge in [-0.1, -0.05) is 0 Å². The number of aromatic nitrogens is 3. The van der Waals surface area contributed by atoms with Crippen LogP contribution in [0.25, 0.3) is 0 Å². The van der Waals surface area contributed by atoms with Crippen LogP contribution in [-0.4, -0.2) is 33.1 Å². The summed E-state index contributed by atoms with van der Waals surface area (Å²) in [4.78, 5) is 18.3. The molecule has 0 saturated carbocycles. The zero-order valence-corrected chi connectivity index (χ0v) is 10.3. The average molecular weight is 263 g/mol. The highest BCUT2D eigenvalue weighted by atomic mass is 16.6. The molecular weight excluding hydrogens is 250 g/mol. The second-order valence-electron chi connectivity index (χ2n) is 3.71. The standard InChI is InChI=1S/C11H13N5O3/c1-19-10-3-2-9(16(17)18)11(14-10)13-5-7-15-6-4-12-8-15/h2-4,6,8H,5,7H2,1H3,(H,13,14). The molecule has 0 aliphatic heterocycles. The van der Waals surface area contributed by atoms with Gasteiger partial charge in [0.15, 0.2) is 0 Å². The third kappa shape index (κ3) is 3.18. The molecule has 0 bridgehead atoms. The first-order valence-electron chi connectivity index (χ1n) is 5.59. The van der Waals surface area contributed by atoms with E-state index in [0.29, 0.717) is 19.0 Å². The van der Waals surface area contributed by atoms with Gasteiger partial charge < -0.3 is 14.6 Å². The van der Waals surface area contributed by atoms with E-state index in [1.807, 2.05) is 10.8 Å². The van der Waals surface area contributed by atoms with Crippen LogP contribution in [0, 0.1) is 10.1 Å². The number of ether oxygens (including phenoxy) is 1. The van der Waals surface area contributed by atoms with Crippen molar-refractivity contribution in [3.63, 3.8) is 0 Å². The number of rotatable bonds is 6. The molecule has 100 valence electrons. The summed E-state index contributed by atoms with van der Waals surface area (Å²) in [5.74, 6) is 0.528. The maximum Gasteiger partial charge on any atom is 0.311 e. The third-order valence-electron chi connectivity index (χ3n) is 2.48. The second-order valence-corrected chi connectivity index (χ2v) is 3.71. The van der Waals surface area contributed by atoms with E-state index < -0.39 is 4.92 Å². The largest absolute Gasteiger partial charge is 0.481 e. The van der Waals surface area contributed by atoms with Gasteiger partial charge >= 0.3 is 5.69 Å². The predicted molar refractivity (Wildman–Crippen MR) is 68.2 cm³/mol. The molecule has 0 unspecified atom stereocenters. The molecule has 0 radical (unpaired) electrons. The minimum atomic E-state index is -0.480. The summed E-state index contributed by atoms with van der Waals surface area (Å²) in [5.41, 5.74) is -0.0774. The van der Waals surface area contributed by atoms with Crippen LogP contribution < -0.4 is 10.1 Å². The van der Waals surface area contributed by atoms with Crippen LogP contribution in [-0.2, 0) is 6.54 Å². The van der Waals surface area contributed by atoms with Gasteiger partial charge in [0.05, 0.1) is 18.4 Å². The van der Waals surface area contributed by atoms with Crippen molar-refractivity contribution >= 4 is 11.5 Å². The van der Waals surface area contributed by atoms with Crippen molar-refractivity contribution < 1.29 is 9.66 Å². The van der Waals surface area contributed by atoms with Gasteiger partial charge in [-0.25, -0.2) is 4.98 Å². The van der Waals surface area contributed by atoms with E-state index in [4.69, 9.17) is 4.74 Å². The molecule has 2 aromatic rings. The second kappa shape index (κ2) is 5.80. The Balaban J connectivity index is 2.06. The quantitative estimate of drug-likeness (QED) is 0.623. The van der Waals surface area contributed by atoms with Gasteiger partial charge in [0, 0.05) is 37.6 Å². The Bertz CT molecular complexity index is 555. The summed E-state index contributed by atoms with van der Waals surface area (Å²) in [7, 11) is 1.46. The van der Waals surface area contributed by atoms with Gasteiger partial charge in [0.1, 0.15) is 0 Å². The summed E-state index contributed by atoms with van der Waals surface area (Å²) in [6, 6.07) is 2.82. The normalized spacial score (nSPS) is 10.2. The van der Waals surface area contributed by atoms with Crippen molar-refractivity contribution in [2.75, 3.05) is 19.0 Å². The van der Waals surface area contributed by atoms with Crippen molar-refractivity contribution in [1.29, 1.82) is 0 Å². The summed E-state index contributed by atoms with van der Waals surface area (Å²) >= 11 is 0. The van der Waals surface area contributed by atoms with Gasteiger partial charge in [-0.15, -0.1) is 0 Å². The minimum Gasteiger partial charge on any atom is -0.481 e. The van der Waals surface area contributed by atoms with Gasteiger partial charge in [-0.2, -0.15) is 4.98 Å². The lowest BCUT2D eigenvalue weighted by atomic mass is 10.4. The zero-order valence-electron chi connectivity index (χ0n) is 10.3. The van der Waals surface area contributed by atoms with Crippen LogP contribution in [0.3, 0.4) is 0 Å². The molecule has 2 heterocycles. The van der Waals surface area contributed by atoms with Crippen molar-refractivity contribution in [3.05, 3.63) is 41.0 Å². The molecule has 0 spiro atoms. The van der Waals surface area contributed by atoms with Crippen LogP contribution in [0.2, 0.25) is 0 Å². The van der Waals surface area contributed by atoms with Crippen molar-refractivity contribution in [3.8, 4) is 5.88 Å². The Morgan fingerprint density at radius 1 is 1.53 bits per heavy atom. The topological polar surface area (TPSA) is 95.1 Å². The Morgan fingerprint density at radius 3 is 3.00 bits per heavy atom. The number of nitrogens with one attached hydrogen (secondary N) is 1. The van der Waals surface area contributed by atoms with Crippen LogP contribution in [0.4, 0.5) is 11.5 Å². The average Bonchev–Trinajstić information content (AvgIpc) is 2.91. The summed E-state index contributed by atoms with van der Waals surface area (Å²) < 4.78 is 6.81. The number of methoxy groups -OCH3 is 1. The number of anilines is 1. The fourth-order valence-electron chi connectivity index (χ4n) is 1.55. The van der Waals surface area contributed by atoms with Crippen molar-refractivity contribution in [1.82, 2.24) is 14.5 Å². The number of nitrogens with zero attached hydrogens (tertiary/aromatic N) is 4. The molecule has 1 N–H and O–H groups in total. The molecule has 2 aromatic heterocycles. The maximum absolute atomic E-state index is 10.9. The van der Waals surface area contributed by atoms with Crippen LogP contribution in [0.1, 0.15) is 0 Å². The van der Waals surface area contributed by atoms with Crippen molar-refractivity contribution in [2.45, 2.75) is 6.54 Å². The number of nitro groups is 1. The first-order chi connectivity index (χ1) is 9.20. The molecule has 0 aromatic carbocycles. The lowest BCUT2D eigenvalue weighted by Gasteiger charge is -2.08. The van der Waals surface area contributed by atoms with Gasteiger partial charge in [0.2, 0.25) is 11.7 Å². The van der Waals surface area contributed by atoms with E-state index >= 15 is 0 Å². The molecule has 0 aliphatic rings. The fraction of sp³-hybridized carbons (Fsp3) is 0.273. The van der Waals surface area contributed by atoms with E-state index in [1.54, 1.807) is 12.5 Å². The molecule has 19 heavy (non-hydrogen) atoms. The minimum absolute atomic E-state index is 0.0774. The molecule has 0 amide bonds.